The Balaban J connectivity index is 1.76. The normalized spacial score (nSPS) is 19.5. The van der Waals surface area contributed by atoms with Crippen LogP contribution in [0.5, 0.6) is 0 Å². The molecule has 1 aromatic carbocycles. The van der Waals surface area contributed by atoms with E-state index in [4.69, 9.17) is 18.9 Å². The van der Waals surface area contributed by atoms with Gasteiger partial charge in [0.15, 0.2) is 12.4 Å². The van der Waals surface area contributed by atoms with Gasteiger partial charge in [0.1, 0.15) is 23.9 Å². The molecule has 58 heavy (non-hydrogen) atoms. The first-order valence-corrected chi connectivity index (χ1v) is 20.1. The molecule has 0 spiro atoms. The van der Waals surface area contributed by atoms with Crippen LogP contribution in [0.15, 0.2) is 42.0 Å². The molecule has 0 radical (unpaired) electrons. The Morgan fingerprint density at radius 3 is 2.28 bits per heavy atom. The van der Waals surface area contributed by atoms with Gasteiger partial charge in [-0.25, -0.2) is 9.59 Å². The summed E-state index contributed by atoms with van der Waals surface area (Å²) in [4.78, 5) is 64.1. The van der Waals surface area contributed by atoms with E-state index in [1.54, 1.807) is 39.0 Å². The number of carbonyl (C=O) groups excluding carboxylic acids is 5. The molecular formula is C42H59F3N2O11. The number of alkyl halides is 3. The lowest BCUT2D eigenvalue weighted by molar-refractivity contribution is -0.190. The summed E-state index contributed by atoms with van der Waals surface area (Å²) in [5.74, 6) is -4.48. The number of benzene rings is 1. The minimum atomic E-state index is -4.70. The Kier molecular flexibility index (Phi) is 18.9. The van der Waals surface area contributed by atoms with Gasteiger partial charge in [-0.2, -0.15) is 13.2 Å². The zero-order valence-electron chi connectivity index (χ0n) is 34.1. The molecule has 16 heteroatoms. The van der Waals surface area contributed by atoms with Gasteiger partial charge in [-0.1, -0.05) is 57.7 Å². The van der Waals surface area contributed by atoms with E-state index in [0.717, 1.165) is 50.7 Å². The number of unbranched alkanes of at least 4 members (excludes halogenated alkanes) is 4. The van der Waals surface area contributed by atoms with Crippen molar-refractivity contribution in [3.05, 3.63) is 53.1 Å². The van der Waals surface area contributed by atoms with Crippen LogP contribution in [0, 0.1) is 0 Å². The summed E-state index contributed by atoms with van der Waals surface area (Å²) in [7, 11) is 0. The second kappa shape index (κ2) is 22.8. The van der Waals surface area contributed by atoms with Gasteiger partial charge in [-0.05, 0) is 63.8 Å². The summed E-state index contributed by atoms with van der Waals surface area (Å²) in [6, 6.07) is 5.35. The number of rotatable bonds is 22. The molecule has 324 valence electrons. The minimum absolute atomic E-state index is 0.00582. The maximum Gasteiger partial charge on any atom is 0.422 e. The standard InChI is InChI=1S/C42H59F3N2O11/c1-6-8-12-21-41(22-13-9-7-2)56-33-25-29(38(52)46-23-20-34(49)47-30(26-48)17-19-36(51)57-40(3,4)5)24-32(37(33)58-41)55-39(53)31-15-11-10-14-28(31)16-18-35(50)54-27-42(43,44)45/h10-11,14-16,18,25,30,32-33,37,48H,6-9,12-13,17,19-24,26-27H2,1-5H3,(H,46,52)(H,47,49). The van der Waals surface area contributed by atoms with Crippen molar-refractivity contribution in [3.63, 3.8) is 0 Å². The van der Waals surface area contributed by atoms with Gasteiger partial charge in [-0.3, -0.25) is 14.4 Å². The number of aliphatic hydroxyl groups excluding tert-OH is 1. The molecule has 13 nitrogen and oxygen atoms in total. The van der Waals surface area contributed by atoms with Crippen molar-refractivity contribution < 1.29 is 65.9 Å². The van der Waals surface area contributed by atoms with Crippen LogP contribution in [0.1, 0.15) is 128 Å². The van der Waals surface area contributed by atoms with E-state index >= 15 is 0 Å². The summed E-state index contributed by atoms with van der Waals surface area (Å²) in [5.41, 5.74) is -0.233. The number of hydrogen-bond donors (Lipinski definition) is 3. The highest BCUT2D eigenvalue weighted by molar-refractivity contribution is 5.97. The van der Waals surface area contributed by atoms with Crippen LogP contribution in [0.4, 0.5) is 13.2 Å². The van der Waals surface area contributed by atoms with Crippen LogP contribution < -0.4 is 10.6 Å². The molecule has 1 heterocycles. The highest BCUT2D eigenvalue weighted by Crippen LogP contribution is 2.43. The number of aliphatic hydroxyl groups is 1. The first kappa shape index (κ1) is 48.1. The Hall–Kier alpha value is -4.28. The molecule has 1 aliphatic carbocycles. The van der Waals surface area contributed by atoms with Crippen molar-refractivity contribution in [2.75, 3.05) is 19.8 Å². The van der Waals surface area contributed by atoms with Gasteiger partial charge in [0.2, 0.25) is 11.8 Å². The molecule has 4 unspecified atom stereocenters. The monoisotopic (exact) mass is 824 g/mol. The van der Waals surface area contributed by atoms with Crippen molar-refractivity contribution >= 4 is 35.8 Å². The topological polar surface area (TPSA) is 176 Å². The molecule has 3 rings (SSSR count). The predicted molar refractivity (Wildman–Crippen MR) is 207 cm³/mol. The molecule has 1 saturated heterocycles. The van der Waals surface area contributed by atoms with E-state index in [-0.39, 0.29) is 48.9 Å². The van der Waals surface area contributed by atoms with Crippen LogP contribution in [0.2, 0.25) is 0 Å². The fourth-order valence-electron chi connectivity index (χ4n) is 6.58. The third-order valence-corrected chi connectivity index (χ3v) is 9.35. The Morgan fingerprint density at radius 2 is 1.66 bits per heavy atom. The van der Waals surface area contributed by atoms with Crippen LogP contribution in [0.3, 0.4) is 0 Å². The molecule has 1 aromatic rings. The van der Waals surface area contributed by atoms with E-state index in [1.807, 2.05) is 0 Å². The van der Waals surface area contributed by atoms with E-state index in [2.05, 4.69) is 29.2 Å². The second-order valence-corrected chi connectivity index (χ2v) is 15.6. The minimum Gasteiger partial charge on any atom is -0.460 e. The summed E-state index contributed by atoms with van der Waals surface area (Å²) in [5, 5.41) is 15.1. The molecule has 4 atom stereocenters. The third kappa shape index (κ3) is 16.5. The average Bonchev–Trinajstić information content (AvgIpc) is 3.52. The van der Waals surface area contributed by atoms with E-state index in [9.17, 15) is 42.3 Å². The quantitative estimate of drug-likeness (QED) is 0.0510. The molecular weight excluding hydrogens is 765 g/mol. The Bertz CT molecular complexity index is 1590. The van der Waals surface area contributed by atoms with Crippen molar-refractivity contribution in [3.8, 4) is 0 Å². The van der Waals surface area contributed by atoms with Crippen LogP contribution in [-0.4, -0.2) is 96.5 Å². The number of hydrogen-bond acceptors (Lipinski definition) is 11. The molecule has 1 fully saturated rings. The molecule has 0 saturated carbocycles. The molecule has 0 bridgehead atoms. The van der Waals surface area contributed by atoms with Crippen LogP contribution in [-0.2, 0) is 42.9 Å². The summed E-state index contributed by atoms with van der Waals surface area (Å²) in [6.07, 6.45) is 3.01. The highest BCUT2D eigenvalue weighted by Gasteiger charge is 2.52. The zero-order valence-corrected chi connectivity index (χ0v) is 34.1. The number of amides is 2. The summed E-state index contributed by atoms with van der Waals surface area (Å²) < 4.78 is 66.4. The summed E-state index contributed by atoms with van der Waals surface area (Å²) >= 11 is 0. The lowest BCUT2D eigenvalue weighted by atomic mass is 9.91. The molecule has 0 aromatic heterocycles. The lowest BCUT2D eigenvalue weighted by Crippen LogP contribution is -2.44. The van der Waals surface area contributed by atoms with Crippen molar-refractivity contribution in [1.82, 2.24) is 10.6 Å². The van der Waals surface area contributed by atoms with E-state index in [1.165, 1.54) is 12.1 Å². The predicted octanol–water partition coefficient (Wildman–Crippen LogP) is 6.41. The van der Waals surface area contributed by atoms with Crippen molar-refractivity contribution in [2.24, 2.45) is 0 Å². The van der Waals surface area contributed by atoms with Crippen molar-refractivity contribution in [2.45, 2.75) is 154 Å². The molecule has 1 aliphatic heterocycles. The maximum atomic E-state index is 13.8. The zero-order chi connectivity index (χ0) is 42.9. The van der Waals surface area contributed by atoms with Gasteiger partial charge in [0.25, 0.3) is 0 Å². The average molecular weight is 825 g/mol. The Morgan fingerprint density at radius 1 is 0.983 bits per heavy atom. The molecule has 2 aliphatic rings. The van der Waals surface area contributed by atoms with Gasteiger partial charge in [0, 0.05) is 50.3 Å². The fraction of sp³-hybridized carbons (Fsp3) is 0.643. The SMILES string of the molecule is CCCCCC1(CCCCC)OC2C=C(C(=O)NCCC(=O)NC(CO)CCC(=O)OC(C)(C)C)CC(OC(=O)c3ccccc3C=CC(=O)OCC(F)(F)F)C2O1. The number of fused-ring (bicyclic) bond motifs is 1. The molecule has 2 amide bonds. The molecule has 3 N–H and O–H groups in total. The second-order valence-electron chi connectivity index (χ2n) is 15.6. The first-order valence-electron chi connectivity index (χ1n) is 20.1. The number of halogens is 3. The lowest BCUT2D eigenvalue weighted by Gasteiger charge is -2.31. The van der Waals surface area contributed by atoms with Crippen LogP contribution in [0.25, 0.3) is 6.08 Å². The number of carbonyl (C=O) groups is 5. The van der Waals surface area contributed by atoms with Gasteiger partial charge in [-0.15, -0.1) is 0 Å². The number of nitrogens with one attached hydrogen (secondary N) is 2. The maximum absolute atomic E-state index is 13.8. The Labute approximate surface area is 338 Å². The summed E-state index contributed by atoms with van der Waals surface area (Å²) in [6.45, 7) is 7.17. The van der Waals surface area contributed by atoms with Gasteiger partial charge < -0.3 is 39.4 Å². The first-order chi connectivity index (χ1) is 27.4. The smallest absolute Gasteiger partial charge is 0.422 e. The fourth-order valence-corrected chi connectivity index (χ4v) is 6.58. The van der Waals surface area contributed by atoms with Crippen LogP contribution >= 0.6 is 0 Å². The van der Waals surface area contributed by atoms with E-state index < -0.39 is 84.9 Å². The largest absolute Gasteiger partial charge is 0.460 e. The highest BCUT2D eigenvalue weighted by atomic mass is 19.4. The third-order valence-electron chi connectivity index (χ3n) is 9.35. The number of esters is 3. The number of ether oxygens (including phenoxy) is 5. The van der Waals surface area contributed by atoms with Gasteiger partial charge in [0.05, 0.1) is 18.2 Å². The van der Waals surface area contributed by atoms with E-state index in [0.29, 0.717) is 12.8 Å². The van der Waals surface area contributed by atoms with Gasteiger partial charge >= 0.3 is 24.1 Å². The van der Waals surface area contributed by atoms with Crippen molar-refractivity contribution in [1.29, 1.82) is 0 Å².